The summed E-state index contributed by atoms with van der Waals surface area (Å²) < 4.78 is 5.84. The number of guanidine groups is 1. The maximum Gasteiger partial charge on any atom is 0.191 e. The Morgan fingerprint density at radius 1 is 1.32 bits per heavy atom. The molecule has 0 bridgehead atoms. The van der Waals surface area contributed by atoms with Gasteiger partial charge in [-0.1, -0.05) is 6.42 Å². The Bertz CT molecular complexity index is 314. The highest BCUT2D eigenvalue weighted by Gasteiger charge is 2.59. The van der Waals surface area contributed by atoms with E-state index in [1.807, 2.05) is 0 Å². The smallest absolute Gasteiger partial charge is 0.191 e. The van der Waals surface area contributed by atoms with E-state index in [0.29, 0.717) is 23.5 Å². The van der Waals surface area contributed by atoms with Gasteiger partial charge in [-0.05, 0) is 40.0 Å². The molecular formula is C14H28IN3O. The van der Waals surface area contributed by atoms with Gasteiger partial charge in [0.05, 0.1) is 12.1 Å². The molecule has 2 rings (SSSR count). The first-order chi connectivity index (χ1) is 8.67. The molecule has 4 nitrogen and oxygen atoms in total. The van der Waals surface area contributed by atoms with Gasteiger partial charge in [-0.3, -0.25) is 0 Å². The molecule has 0 aromatic carbocycles. The third-order valence-corrected chi connectivity index (χ3v) is 4.77. The summed E-state index contributed by atoms with van der Waals surface area (Å²) in [4.78, 5) is 6.90. The van der Waals surface area contributed by atoms with Gasteiger partial charge in [0, 0.05) is 25.1 Å². The normalized spacial score (nSPS) is 28.3. The molecule has 112 valence electrons. The molecule has 0 heterocycles. The predicted octanol–water partition coefficient (Wildman–Crippen LogP) is 2.61. The Morgan fingerprint density at radius 3 is 2.37 bits per heavy atom. The second-order valence-corrected chi connectivity index (χ2v) is 5.44. The van der Waals surface area contributed by atoms with Crippen LogP contribution in [-0.2, 0) is 4.74 Å². The first-order valence-corrected chi connectivity index (χ1v) is 7.37. The molecule has 2 fully saturated rings. The fourth-order valence-electron chi connectivity index (χ4n) is 3.37. The summed E-state index contributed by atoms with van der Waals surface area (Å²) in [5.74, 6) is 0.714. The van der Waals surface area contributed by atoms with Crippen molar-refractivity contribution in [2.75, 3.05) is 19.7 Å². The van der Waals surface area contributed by atoms with Crippen molar-refractivity contribution in [2.45, 2.75) is 58.6 Å². The van der Waals surface area contributed by atoms with Crippen LogP contribution in [0.25, 0.3) is 0 Å². The molecule has 0 aliphatic heterocycles. The molecule has 0 aromatic heterocycles. The van der Waals surface area contributed by atoms with Crippen LogP contribution in [0.5, 0.6) is 0 Å². The molecule has 2 N–H and O–H groups in total. The summed E-state index contributed by atoms with van der Waals surface area (Å²) in [7, 11) is 0. The van der Waals surface area contributed by atoms with E-state index in [1.165, 1.54) is 19.3 Å². The number of halogens is 1. The van der Waals surface area contributed by atoms with Crippen molar-refractivity contribution < 1.29 is 4.74 Å². The third-order valence-electron chi connectivity index (χ3n) is 4.77. The van der Waals surface area contributed by atoms with Crippen molar-refractivity contribution in [2.24, 2.45) is 16.1 Å². The highest BCUT2D eigenvalue weighted by molar-refractivity contribution is 14.0. The lowest BCUT2D eigenvalue weighted by Gasteiger charge is -2.59. The van der Waals surface area contributed by atoms with E-state index in [-0.39, 0.29) is 24.0 Å². The average Bonchev–Trinajstić information content (AvgIpc) is 2.27. The Hall–Kier alpha value is -0.0400. The zero-order valence-electron chi connectivity index (χ0n) is 12.4. The molecule has 1 spiro atoms. The van der Waals surface area contributed by atoms with E-state index in [1.54, 1.807) is 0 Å². The highest BCUT2D eigenvalue weighted by Crippen LogP contribution is 2.58. The fraction of sp³-hybridized carbons (Fsp3) is 0.929. The van der Waals surface area contributed by atoms with Crippen LogP contribution < -0.4 is 5.73 Å². The van der Waals surface area contributed by atoms with Crippen LogP contribution in [-0.4, -0.2) is 42.7 Å². The molecule has 0 saturated heterocycles. The summed E-state index contributed by atoms with van der Waals surface area (Å²) in [5, 5.41) is 0. The molecule has 0 aromatic rings. The zero-order valence-corrected chi connectivity index (χ0v) is 14.7. The van der Waals surface area contributed by atoms with Gasteiger partial charge >= 0.3 is 0 Å². The summed E-state index contributed by atoms with van der Waals surface area (Å²) in [5.41, 5.74) is 6.43. The minimum atomic E-state index is 0. The number of ether oxygens (including phenoxy) is 1. The quantitative estimate of drug-likeness (QED) is 0.453. The van der Waals surface area contributed by atoms with Crippen molar-refractivity contribution in [3.63, 3.8) is 0 Å². The first-order valence-electron chi connectivity index (χ1n) is 7.37. The lowest BCUT2D eigenvalue weighted by atomic mass is 9.51. The van der Waals surface area contributed by atoms with E-state index in [9.17, 15) is 0 Å². The highest BCUT2D eigenvalue weighted by atomic mass is 127. The average molecular weight is 381 g/mol. The van der Waals surface area contributed by atoms with Crippen molar-refractivity contribution in [1.29, 1.82) is 0 Å². The van der Waals surface area contributed by atoms with Gasteiger partial charge in [0.2, 0.25) is 0 Å². The summed E-state index contributed by atoms with van der Waals surface area (Å²) in [6.07, 6.45) is 5.32. The van der Waals surface area contributed by atoms with Crippen LogP contribution in [0.3, 0.4) is 0 Å². The number of hydrogen-bond acceptors (Lipinski definition) is 2. The molecule has 5 heteroatoms. The summed E-state index contributed by atoms with van der Waals surface area (Å²) in [6, 6.07) is 0.392. The maximum absolute atomic E-state index is 6.10. The molecule has 2 aliphatic rings. The Balaban J connectivity index is 0.00000180. The van der Waals surface area contributed by atoms with Gasteiger partial charge in [0.25, 0.3) is 0 Å². The van der Waals surface area contributed by atoms with Gasteiger partial charge in [0.15, 0.2) is 5.96 Å². The lowest BCUT2D eigenvalue weighted by molar-refractivity contribution is -0.162. The number of nitrogens with two attached hydrogens (primary N) is 1. The van der Waals surface area contributed by atoms with Crippen LogP contribution in [0.15, 0.2) is 4.99 Å². The molecular weight excluding hydrogens is 353 g/mol. The molecule has 0 amide bonds. The van der Waals surface area contributed by atoms with Gasteiger partial charge in [0.1, 0.15) is 0 Å². The van der Waals surface area contributed by atoms with Gasteiger partial charge in [-0.2, -0.15) is 0 Å². The predicted molar refractivity (Wildman–Crippen MR) is 90.1 cm³/mol. The lowest BCUT2D eigenvalue weighted by Crippen LogP contribution is -2.61. The zero-order chi connectivity index (χ0) is 13.2. The van der Waals surface area contributed by atoms with E-state index >= 15 is 0 Å². The van der Waals surface area contributed by atoms with Crippen LogP contribution in [0, 0.1) is 5.41 Å². The van der Waals surface area contributed by atoms with Crippen molar-refractivity contribution >= 4 is 29.9 Å². The molecule has 0 radical (unpaired) electrons. The minimum Gasteiger partial charge on any atom is -0.378 e. The second kappa shape index (κ2) is 7.11. The Kier molecular flexibility index (Phi) is 6.36. The maximum atomic E-state index is 6.10. The van der Waals surface area contributed by atoms with E-state index in [0.717, 1.165) is 26.1 Å². The van der Waals surface area contributed by atoms with E-state index in [4.69, 9.17) is 15.5 Å². The second-order valence-electron chi connectivity index (χ2n) is 5.44. The monoisotopic (exact) mass is 381 g/mol. The first kappa shape index (κ1) is 17.0. The molecule has 19 heavy (non-hydrogen) atoms. The van der Waals surface area contributed by atoms with Crippen molar-refractivity contribution in [3.8, 4) is 0 Å². The van der Waals surface area contributed by atoms with Crippen LogP contribution in [0.4, 0.5) is 0 Å². The minimum absolute atomic E-state index is 0. The summed E-state index contributed by atoms with van der Waals surface area (Å²) in [6.45, 7) is 8.99. The fourth-order valence-corrected chi connectivity index (χ4v) is 3.37. The number of nitrogens with zero attached hydrogens (tertiary/aromatic N) is 2. The summed E-state index contributed by atoms with van der Waals surface area (Å²) >= 11 is 0. The Labute approximate surface area is 134 Å². The van der Waals surface area contributed by atoms with Gasteiger partial charge in [-0.15, -0.1) is 24.0 Å². The largest absolute Gasteiger partial charge is 0.378 e. The molecule has 2 aliphatic carbocycles. The topological polar surface area (TPSA) is 50.9 Å². The SMILES string of the molecule is CCOC1CC(N=C(N)N(CC)CC)C12CCC2.I. The number of rotatable bonds is 5. The molecule has 2 unspecified atom stereocenters. The van der Waals surface area contributed by atoms with E-state index in [2.05, 4.69) is 25.7 Å². The third kappa shape index (κ3) is 3.01. The Morgan fingerprint density at radius 2 is 1.95 bits per heavy atom. The van der Waals surface area contributed by atoms with E-state index < -0.39 is 0 Å². The molecule has 2 saturated carbocycles. The van der Waals surface area contributed by atoms with Crippen molar-refractivity contribution in [3.05, 3.63) is 0 Å². The van der Waals surface area contributed by atoms with Crippen LogP contribution >= 0.6 is 24.0 Å². The standard InChI is InChI=1S/C14H27N3O.HI/c1-4-17(5-2)13(15)16-11-10-12(18-6-3)14(11)8-7-9-14;/h11-12H,4-10H2,1-3H3,(H2,15,16);1H. The number of aliphatic imine (C=N–C) groups is 1. The van der Waals surface area contributed by atoms with Gasteiger partial charge < -0.3 is 15.4 Å². The molecule has 2 atom stereocenters. The van der Waals surface area contributed by atoms with Crippen molar-refractivity contribution in [1.82, 2.24) is 4.90 Å². The number of hydrogen-bond donors (Lipinski definition) is 1. The van der Waals surface area contributed by atoms with Gasteiger partial charge in [-0.25, -0.2) is 4.99 Å². The van der Waals surface area contributed by atoms with Crippen LogP contribution in [0.2, 0.25) is 0 Å². The van der Waals surface area contributed by atoms with Crippen LogP contribution in [0.1, 0.15) is 46.5 Å².